The largest absolute Gasteiger partial charge is 0.380 e. The van der Waals surface area contributed by atoms with Gasteiger partial charge in [-0.2, -0.15) is 0 Å². The van der Waals surface area contributed by atoms with Gasteiger partial charge in [0, 0.05) is 32.0 Å². The van der Waals surface area contributed by atoms with Crippen molar-refractivity contribution in [3.05, 3.63) is 59.4 Å². The molecule has 1 atom stereocenters. The van der Waals surface area contributed by atoms with Crippen LogP contribution in [-0.4, -0.2) is 48.8 Å². The van der Waals surface area contributed by atoms with Crippen LogP contribution in [0.4, 0.5) is 5.69 Å². The summed E-state index contributed by atoms with van der Waals surface area (Å²) in [4.78, 5) is 18.4. The van der Waals surface area contributed by atoms with Gasteiger partial charge in [0.2, 0.25) is 0 Å². The highest BCUT2D eigenvalue weighted by Crippen LogP contribution is 2.19. The van der Waals surface area contributed by atoms with Gasteiger partial charge in [-0.15, -0.1) is 0 Å². The monoisotopic (exact) mass is 373 g/mol. The van der Waals surface area contributed by atoms with Gasteiger partial charge in [0.1, 0.15) is 0 Å². The van der Waals surface area contributed by atoms with E-state index in [4.69, 9.17) is 0 Å². The van der Waals surface area contributed by atoms with Gasteiger partial charge in [-0.05, 0) is 30.5 Å². The molecule has 0 aliphatic carbocycles. The summed E-state index contributed by atoms with van der Waals surface area (Å²) in [6.45, 7) is 2.70. The zero-order valence-electron chi connectivity index (χ0n) is 15.0. The molecule has 1 aromatic heterocycles. The number of anilines is 1. The highest BCUT2D eigenvalue weighted by Gasteiger charge is 2.33. The molecule has 0 bridgehead atoms. The smallest absolute Gasteiger partial charge is 0.255 e. The third-order valence-corrected chi connectivity index (χ3v) is 6.56. The van der Waals surface area contributed by atoms with E-state index in [0.717, 1.165) is 5.69 Å². The topological polar surface area (TPSA) is 79.4 Å². The van der Waals surface area contributed by atoms with Crippen molar-refractivity contribution >= 4 is 21.4 Å². The van der Waals surface area contributed by atoms with Crippen molar-refractivity contribution in [1.82, 2.24) is 9.88 Å². The maximum Gasteiger partial charge on any atom is 0.255 e. The van der Waals surface area contributed by atoms with E-state index in [1.165, 1.54) is 22.2 Å². The van der Waals surface area contributed by atoms with Crippen molar-refractivity contribution in [2.75, 3.05) is 23.9 Å². The fraction of sp³-hybridized carbons (Fsp3) is 0.368. The third-order valence-electron chi connectivity index (χ3n) is 4.81. The summed E-state index contributed by atoms with van der Waals surface area (Å²) >= 11 is 0. The van der Waals surface area contributed by atoms with Crippen LogP contribution in [0.2, 0.25) is 0 Å². The first-order valence-electron chi connectivity index (χ1n) is 8.57. The molecular formula is C19H23N3O3S. The minimum atomic E-state index is -3.03. The van der Waals surface area contributed by atoms with Gasteiger partial charge in [0.05, 0.1) is 22.8 Å². The van der Waals surface area contributed by atoms with E-state index < -0.39 is 9.84 Å². The molecule has 6 nitrogen and oxygen atoms in total. The molecule has 1 fully saturated rings. The van der Waals surface area contributed by atoms with E-state index in [0.29, 0.717) is 18.5 Å². The molecule has 1 saturated heterocycles. The van der Waals surface area contributed by atoms with Crippen LogP contribution in [0.3, 0.4) is 0 Å². The van der Waals surface area contributed by atoms with Crippen molar-refractivity contribution in [3.8, 4) is 0 Å². The number of carbonyl (C=O) groups is 1. The van der Waals surface area contributed by atoms with Gasteiger partial charge in [0.25, 0.3) is 5.91 Å². The highest BCUT2D eigenvalue weighted by molar-refractivity contribution is 7.91. The van der Waals surface area contributed by atoms with Gasteiger partial charge in [-0.3, -0.25) is 9.78 Å². The molecule has 3 rings (SSSR count). The second-order valence-electron chi connectivity index (χ2n) is 6.72. The molecular weight excluding hydrogens is 350 g/mol. The van der Waals surface area contributed by atoms with Crippen LogP contribution in [-0.2, 0) is 16.4 Å². The lowest BCUT2D eigenvalue weighted by Gasteiger charge is -2.23. The summed E-state index contributed by atoms with van der Waals surface area (Å²) in [5.41, 5.74) is 3.58. The summed E-state index contributed by atoms with van der Waals surface area (Å²) in [5, 5.41) is 3.29. The normalized spacial score (nSPS) is 18.5. The van der Waals surface area contributed by atoms with Gasteiger partial charge < -0.3 is 10.2 Å². The van der Waals surface area contributed by atoms with Gasteiger partial charge >= 0.3 is 0 Å². The molecule has 1 amide bonds. The van der Waals surface area contributed by atoms with E-state index in [1.807, 2.05) is 12.1 Å². The lowest BCUT2D eigenvalue weighted by Crippen LogP contribution is -2.37. The number of pyridine rings is 1. The number of sulfone groups is 1. The SMILES string of the molecule is Cc1ccccc1CNc1cncc(C(=O)N(C)C2CCS(=O)(=O)C2)c1. The fourth-order valence-corrected chi connectivity index (χ4v) is 4.88. The van der Waals surface area contributed by atoms with E-state index in [1.54, 1.807) is 19.3 Å². The number of nitrogens with one attached hydrogen (secondary N) is 1. The predicted octanol–water partition coefficient (Wildman–Crippen LogP) is 2.26. The van der Waals surface area contributed by atoms with Crippen molar-refractivity contribution in [2.45, 2.75) is 25.9 Å². The maximum atomic E-state index is 12.7. The minimum Gasteiger partial charge on any atom is -0.380 e. The van der Waals surface area contributed by atoms with Crippen LogP contribution in [0.15, 0.2) is 42.7 Å². The maximum absolute atomic E-state index is 12.7. The Hall–Kier alpha value is -2.41. The van der Waals surface area contributed by atoms with Crippen molar-refractivity contribution in [1.29, 1.82) is 0 Å². The second-order valence-corrected chi connectivity index (χ2v) is 8.94. The third kappa shape index (κ3) is 4.22. The number of amides is 1. The molecule has 0 saturated carbocycles. The molecule has 1 aliphatic rings. The molecule has 0 radical (unpaired) electrons. The van der Waals surface area contributed by atoms with Crippen molar-refractivity contribution < 1.29 is 13.2 Å². The van der Waals surface area contributed by atoms with E-state index in [9.17, 15) is 13.2 Å². The molecule has 26 heavy (non-hydrogen) atoms. The van der Waals surface area contributed by atoms with Crippen molar-refractivity contribution in [3.63, 3.8) is 0 Å². The lowest BCUT2D eigenvalue weighted by molar-refractivity contribution is 0.0747. The minimum absolute atomic E-state index is 0.0356. The Bertz CT molecular complexity index is 912. The number of hydrogen-bond acceptors (Lipinski definition) is 5. The second kappa shape index (κ2) is 7.45. The molecule has 2 aromatic rings. The van der Waals surface area contributed by atoms with Crippen LogP contribution in [0.1, 0.15) is 27.9 Å². The zero-order chi connectivity index (χ0) is 18.7. The molecule has 1 aromatic carbocycles. The van der Waals surface area contributed by atoms with E-state index in [2.05, 4.69) is 29.4 Å². The zero-order valence-corrected chi connectivity index (χ0v) is 15.8. The standard InChI is InChI=1S/C19H23N3O3S/c1-14-5-3-4-6-15(14)11-21-17-9-16(10-20-12-17)19(23)22(2)18-7-8-26(24,25)13-18/h3-6,9-10,12,18,21H,7-8,11,13H2,1-2H3. The first-order chi connectivity index (χ1) is 12.4. The lowest BCUT2D eigenvalue weighted by atomic mass is 10.1. The molecule has 7 heteroatoms. The highest BCUT2D eigenvalue weighted by atomic mass is 32.2. The summed E-state index contributed by atoms with van der Waals surface area (Å²) in [7, 11) is -1.38. The number of aryl methyl sites for hydroxylation is 1. The average molecular weight is 373 g/mol. The Morgan fingerprint density at radius 3 is 2.77 bits per heavy atom. The first-order valence-corrected chi connectivity index (χ1v) is 10.4. The molecule has 1 N–H and O–H groups in total. The van der Waals surface area contributed by atoms with Gasteiger partial charge in [-0.25, -0.2) is 8.42 Å². The van der Waals surface area contributed by atoms with Gasteiger partial charge in [0.15, 0.2) is 9.84 Å². The molecule has 1 aliphatic heterocycles. The first kappa shape index (κ1) is 18.4. The number of benzene rings is 1. The van der Waals surface area contributed by atoms with E-state index >= 15 is 0 Å². The van der Waals surface area contributed by atoms with Crippen LogP contribution in [0, 0.1) is 6.92 Å². The van der Waals surface area contributed by atoms with Crippen LogP contribution in [0.5, 0.6) is 0 Å². The summed E-state index contributed by atoms with van der Waals surface area (Å²) in [5.74, 6) is -0.0291. The summed E-state index contributed by atoms with van der Waals surface area (Å²) in [6.07, 6.45) is 3.68. The molecule has 138 valence electrons. The Labute approximate surface area is 154 Å². The molecule has 2 heterocycles. The summed E-state index contributed by atoms with van der Waals surface area (Å²) in [6, 6.07) is 9.59. The number of hydrogen-bond donors (Lipinski definition) is 1. The number of rotatable bonds is 5. The van der Waals surface area contributed by atoms with Crippen LogP contribution >= 0.6 is 0 Å². The quantitative estimate of drug-likeness (QED) is 0.870. The molecule has 0 spiro atoms. The Balaban J connectivity index is 1.68. The predicted molar refractivity (Wildman–Crippen MR) is 102 cm³/mol. The Morgan fingerprint density at radius 1 is 1.31 bits per heavy atom. The molecule has 1 unspecified atom stereocenters. The Kier molecular flexibility index (Phi) is 5.27. The Morgan fingerprint density at radius 2 is 2.08 bits per heavy atom. The van der Waals surface area contributed by atoms with Gasteiger partial charge in [-0.1, -0.05) is 24.3 Å². The fourth-order valence-electron chi connectivity index (χ4n) is 3.11. The van der Waals surface area contributed by atoms with Crippen molar-refractivity contribution in [2.24, 2.45) is 0 Å². The number of carbonyl (C=O) groups excluding carboxylic acids is 1. The average Bonchev–Trinajstić information content (AvgIpc) is 3.00. The van der Waals surface area contributed by atoms with Crippen LogP contribution in [0.25, 0.3) is 0 Å². The number of nitrogens with zero attached hydrogens (tertiary/aromatic N) is 2. The van der Waals surface area contributed by atoms with Crippen LogP contribution < -0.4 is 5.32 Å². The summed E-state index contributed by atoms with van der Waals surface area (Å²) < 4.78 is 23.3. The van der Waals surface area contributed by atoms with E-state index in [-0.39, 0.29) is 23.5 Å². The number of aromatic nitrogens is 1.